The Labute approximate surface area is 167 Å². The second-order valence-electron chi connectivity index (χ2n) is 6.29. The lowest BCUT2D eigenvalue weighted by atomic mass is 10.1. The van der Waals surface area contributed by atoms with Gasteiger partial charge in [0.2, 0.25) is 5.91 Å². The molecule has 0 aliphatic heterocycles. The monoisotopic (exact) mass is 398 g/mol. The van der Waals surface area contributed by atoms with E-state index >= 15 is 0 Å². The quantitative estimate of drug-likeness (QED) is 0.416. The molecule has 0 radical (unpaired) electrons. The lowest BCUT2D eigenvalue weighted by Gasteiger charge is -2.08. The highest BCUT2D eigenvalue weighted by Crippen LogP contribution is 2.21. The number of carbonyl (C=O) groups excluding carboxylic acids is 2. The van der Waals surface area contributed by atoms with Crippen LogP contribution in [0.2, 0.25) is 0 Å². The molecule has 0 unspecified atom stereocenters. The number of ketones is 1. The summed E-state index contributed by atoms with van der Waals surface area (Å²) in [4.78, 5) is 23.6. The van der Waals surface area contributed by atoms with Crippen molar-refractivity contribution in [1.82, 2.24) is 14.8 Å². The van der Waals surface area contributed by atoms with Crippen LogP contribution in [0.15, 0.2) is 52.2 Å². The van der Waals surface area contributed by atoms with E-state index in [0.29, 0.717) is 29.5 Å². The molecular formula is C20H22N4O3S. The van der Waals surface area contributed by atoms with Crippen LogP contribution in [0.25, 0.3) is 0 Å². The van der Waals surface area contributed by atoms with Gasteiger partial charge in [0.1, 0.15) is 11.6 Å². The molecule has 1 amide bonds. The molecule has 2 aromatic heterocycles. The summed E-state index contributed by atoms with van der Waals surface area (Å²) in [5.41, 5.74) is 7.12. The molecular weight excluding hydrogens is 376 g/mol. The van der Waals surface area contributed by atoms with Crippen molar-refractivity contribution in [3.05, 3.63) is 65.4 Å². The normalized spacial score (nSPS) is 10.9. The molecule has 0 atom stereocenters. The van der Waals surface area contributed by atoms with E-state index in [-0.39, 0.29) is 18.0 Å². The van der Waals surface area contributed by atoms with Crippen LogP contribution in [0.4, 0.5) is 0 Å². The van der Waals surface area contributed by atoms with Crippen molar-refractivity contribution in [2.75, 3.05) is 5.75 Å². The number of amides is 1. The van der Waals surface area contributed by atoms with Gasteiger partial charge in [0.05, 0.1) is 18.6 Å². The van der Waals surface area contributed by atoms with Gasteiger partial charge in [-0.05, 0) is 24.1 Å². The molecule has 146 valence electrons. The number of rotatable bonds is 10. The number of aromatic nitrogens is 3. The van der Waals surface area contributed by atoms with Gasteiger partial charge in [0, 0.05) is 18.4 Å². The molecule has 3 rings (SSSR count). The summed E-state index contributed by atoms with van der Waals surface area (Å²) in [5, 5.41) is 8.98. The third-order valence-electron chi connectivity index (χ3n) is 4.30. The molecule has 8 heteroatoms. The highest BCUT2D eigenvalue weighted by Gasteiger charge is 2.16. The van der Waals surface area contributed by atoms with Crippen molar-refractivity contribution in [3.8, 4) is 0 Å². The van der Waals surface area contributed by atoms with Gasteiger partial charge in [0.25, 0.3) is 0 Å². The van der Waals surface area contributed by atoms with E-state index < -0.39 is 5.91 Å². The highest BCUT2D eigenvalue weighted by atomic mass is 32.2. The number of primary amides is 1. The zero-order valence-corrected chi connectivity index (χ0v) is 16.4. The van der Waals surface area contributed by atoms with Crippen LogP contribution in [-0.2, 0) is 24.2 Å². The summed E-state index contributed by atoms with van der Waals surface area (Å²) in [7, 11) is 0. The average Bonchev–Trinajstić information content (AvgIpc) is 3.35. The summed E-state index contributed by atoms with van der Waals surface area (Å²) in [6.45, 7) is 2.50. The minimum absolute atomic E-state index is 0.0267. The fourth-order valence-corrected chi connectivity index (χ4v) is 3.55. The van der Waals surface area contributed by atoms with Crippen LogP contribution in [0.3, 0.4) is 0 Å². The van der Waals surface area contributed by atoms with Crippen molar-refractivity contribution in [2.24, 2.45) is 5.73 Å². The highest BCUT2D eigenvalue weighted by molar-refractivity contribution is 7.99. The predicted octanol–water partition coefficient (Wildman–Crippen LogP) is 2.87. The second kappa shape index (κ2) is 9.36. The number of nitrogens with two attached hydrogens (primary N) is 1. The molecule has 0 spiro atoms. The van der Waals surface area contributed by atoms with Gasteiger partial charge in [-0.1, -0.05) is 43.0 Å². The van der Waals surface area contributed by atoms with Gasteiger partial charge in [-0.2, -0.15) is 0 Å². The van der Waals surface area contributed by atoms with Crippen molar-refractivity contribution in [3.63, 3.8) is 0 Å². The first-order chi connectivity index (χ1) is 13.6. The zero-order chi connectivity index (χ0) is 19.9. The third-order valence-corrected chi connectivity index (χ3v) is 5.27. The molecule has 0 saturated carbocycles. The van der Waals surface area contributed by atoms with Gasteiger partial charge in [-0.25, -0.2) is 0 Å². The van der Waals surface area contributed by atoms with E-state index in [2.05, 4.69) is 17.1 Å². The lowest BCUT2D eigenvalue weighted by molar-refractivity contribution is -0.118. The SMILES string of the molecule is CCc1ccc(C(=O)CSc2nnc(CCC(N)=O)n2Cc2ccco2)cc1. The van der Waals surface area contributed by atoms with E-state index in [1.165, 1.54) is 17.3 Å². The Morgan fingerprint density at radius 2 is 1.96 bits per heavy atom. The van der Waals surface area contributed by atoms with Crippen LogP contribution in [-0.4, -0.2) is 32.2 Å². The maximum Gasteiger partial charge on any atom is 0.217 e. The summed E-state index contributed by atoms with van der Waals surface area (Å²) in [5.74, 6) is 1.25. The first-order valence-corrected chi connectivity index (χ1v) is 10.0. The Balaban J connectivity index is 1.72. The molecule has 0 saturated heterocycles. The van der Waals surface area contributed by atoms with Crippen molar-refractivity contribution in [2.45, 2.75) is 37.9 Å². The molecule has 2 N–H and O–H groups in total. The van der Waals surface area contributed by atoms with Crippen LogP contribution in [0, 0.1) is 0 Å². The standard InChI is InChI=1S/C20H22N4O3S/c1-2-14-5-7-15(8-6-14)17(25)13-28-20-23-22-19(10-9-18(21)26)24(20)12-16-4-3-11-27-16/h3-8,11H,2,9-10,12-13H2,1H3,(H2,21,26). The van der Waals surface area contributed by atoms with Crippen molar-refractivity contribution >= 4 is 23.5 Å². The summed E-state index contributed by atoms with van der Waals surface area (Å²) in [6.07, 6.45) is 3.10. The predicted molar refractivity (Wildman–Crippen MR) is 106 cm³/mol. The first-order valence-electron chi connectivity index (χ1n) is 9.04. The molecule has 28 heavy (non-hydrogen) atoms. The number of hydrogen-bond donors (Lipinski definition) is 1. The van der Waals surface area contributed by atoms with Gasteiger partial charge < -0.3 is 10.2 Å². The molecule has 3 aromatic rings. The van der Waals surface area contributed by atoms with Crippen LogP contribution in [0.5, 0.6) is 0 Å². The minimum atomic E-state index is -0.396. The number of aryl methyl sites for hydroxylation is 2. The lowest BCUT2D eigenvalue weighted by Crippen LogP contribution is -2.14. The number of Topliss-reactive ketones (excluding diaryl/α,β-unsaturated/α-hetero) is 1. The molecule has 7 nitrogen and oxygen atoms in total. The topological polar surface area (TPSA) is 104 Å². The minimum Gasteiger partial charge on any atom is -0.467 e. The maximum absolute atomic E-state index is 12.5. The molecule has 2 heterocycles. The van der Waals surface area contributed by atoms with Crippen molar-refractivity contribution in [1.29, 1.82) is 0 Å². The average molecular weight is 398 g/mol. The third kappa shape index (κ3) is 5.10. The summed E-state index contributed by atoms with van der Waals surface area (Å²) < 4.78 is 7.28. The molecule has 1 aromatic carbocycles. The van der Waals surface area contributed by atoms with Crippen LogP contribution in [0.1, 0.15) is 40.9 Å². The molecule has 0 aliphatic carbocycles. The van der Waals surface area contributed by atoms with Crippen LogP contribution < -0.4 is 5.73 Å². The summed E-state index contributed by atoms with van der Waals surface area (Å²) in [6, 6.07) is 11.3. The maximum atomic E-state index is 12.5. The van der Waals surface area contributed by atoms with Crippen LogP contribution >= 0.6 is 11.8 Å². The Morgan fingerprint density at radius 1 is 1.18 bits per heavy atom. The zero-order valence-electron chi connectivity index (χ0n) is 15.6. The number of carbonyl (C=O) groups is 2. The van der Waals surface area contributed by atoms with E-state index in [0.717, 1.165) is 12.2 Å². The second-order valence-corrected chi connectivity index (χ2v) is 7.24. The number of nitrogens with zero attached hydrogens (tertiary/aromatic N) is 3. The van der Waals surface area contributed by atoms with Gasteiger partial charge in [0.15, 0.2) is 10.9 Å². The number of hydrogen-bond acceptors (Lipinski definition) is 6. The van der Waals surface area contributed by atoms with E-state index in [1.807, 2.05) is 34.9 Å². The number of furan rings is 1. The van der Waals surface area contributed by atoms with Crippen molar-refractivity contribution < 1.29 is 14.0 Å². The Bertz CT molecular complexity index is 933. The van der Waals surface area contributed by atoms with Gasteiger partial charge in [-0.15, -0.1) is 10.2 Å². The van der Waals surface area contributed by atoms with Gasteiger partial charge >= 0.3 is 0 Å². The van der Waals surface area contributed by atoms with E-state index in [9.17, 15) is 9.59 Å². The molecule has 0 bridgehead atoms. The van der Waals surface area contributed by atoms with E-state index in [4.69, 9.17) is 10.2 Å². The van der Waals surface area contributed by atoms with Gasteiger partial charge in [-0.3, -0.25) is 14.2 Å². The number of thioether (sulfide) groups is 1. The first kappa shape index (κ1) is 19.9. The number of benzene rings is 1. The molecule has 0 fully saturated rings. The fraction of sp³-hybridized carbons (Fsp3) is 0.300. The molecule has 0 aliphatic rings. The Kier molecular flexibility index (Phi) is 6.65. The Hall–Kier alpha value is -2.87. The van der Waals surface area contributed by atoms with E-state index in [1.54, 1.807) is 12.3 Å². The summed E-state index contributed by atoms with van der Waals surface area (Å²) >= 11 is 1.32. The Morgan fingerprint density at radius 3 is 2.61 bits per heavy atom. The smallest absolute Gasteiger partial charge is 0.217 e. The fourth-order valence-electron chi connectivity index (χ4n) is 2.70. The largest absolute Gasteiger partial charge is 0.467 e.